The summed E-state index contributed by atoms with van der Waals surface area (Å²) in [7, 11) is 1.56. The third-order valence-corrected chi connectivity index (χ3v) is 3.05. The van der Waals surface area contributed by atoms with Crippen molar-refractivity contribution in [2.24, 2.45) is 0 Å². The topological polar surface area (TPSA) is 88.0 Å². The molecule has 0 aliphatic rings. The molecular weight excluding hydrogens is 282 g/mol. The summed E-state index contributed by atoms with van der Waals surface area (Å²) in [6.07, 6.45) is 6.15. The molecule has 1 heterocycles. The van der Waals surface area contributed by atoms with Crippen molar-refractivity contribution in [3.63, 3.8) is 0 Å². The van der Waals surface area contributed by atoms with E-state index in [9.17, 15) is 9.59 Å². The fourth-order valence-corrected chi connectivity index (χ4v) is 1.94. The van der Waals surface area contributed by atoms with E-state index < -0.39 is 0 Å². The number of nitrogens with one attached hydrogen (secondary N) is 3. The molecule has 0 bridgehead atoms. The molecule has 0 unspecified atom stereocenters. The first kappa shape index (κ1) is 15.6. The highest BCUT2D eigenvalue weighted by Gasteiger charge is 2.05. The van der Waals surface area contributed by atoms with Gasteiger partial charge in [-0.05, 0) is 24.6 Å². The van der Waals surface area contributed by atoms with Crippen molar-refractivity contribution in [3.05, 3.63) is 48.5 Å². The molecule has 0 aliphatic heterocycles. The number of rotatable bonds is 6. The summed E-state index contributed by atoms with van der Waals surface area (Å²) in [4.78, 5) is 27.3. The summed E-state index contributed by atoms with van der Waals surface area (Å²) in [6.45, 7) is 1.35. The third-order valence-electron chi connectivity index (χ3n) is 3.05. The Labute approximate surface area is 128 Å². The highest BCUT2D eigenvalue weighted by atomic mass is 16.2. The lowest BCUT2D eigenvalue weighted by atomic mass is 10.2. The zero-order chi connectivity index (χ0) is 15.8. The summed E-state index contributed by atoms with van der Waals surface area (Å²) >= 11 is 0. The number of hydrogen-bond donors (Lipinski definition) is 3. The van der Waals surface area contributed by atoms with Crippen LogP contribution in [-0.2, 0) is 6.54 Å². The number of nitrogens with zero attached hydrogens (tertiary/aromatic N) is 2. The number of aryl methyl sites for hydroxylation is 1. The molecule has 7 heteroatoms. The number of anilines is 1. The van der Waals surface area contributed by atoms with Crippen LogP contribution < -0.4 is 16.0 Å². The van der Waals surface area contributed by atoms with Crippen molar-refractivity contribution >= 4 is 17.6 Å². The molecule has 0 saturated heterocycles. The molecule has 0 saturated carbocycles. The van der Waals surface area contributed by atoms with Crippen LogP contribution in [-0.4, -0.2) is 35.1 Å². The van der Waals surface area contributed by atoms with Gasteiger partial charge in [-0.15, -0.1) is 0 Å². The molecule has 3 amide bonds. The van der Waals surface area contributed by atoms with Crippen LogP contribution in [0.2, 0.25) is 0 Å². The average molecular weight is 301 g/mol. The first-order valence-electron chi connectivity index (χ1n) is 7.02. The van der Waals surface area contributed by atoms with Crippen LogP contribution in [0.3, 0.4) is 0 Å². The smallest absolute Gasteiger partial charge is 0.319 e. The van der Waals surface area contributed by atoms with Crippen LogP contribution in [0.15, 0.2) is 43.0 Å². The largest absolute Gasteiger partial charge is 0.355 e. The van der Waals surface area contributed by atoms with Crippen molar-refractivity contribution in [2.75, 3.05) is 18.9 Å². The minimum atomic E-state index is -0.292. The molecule has 0 spiro atoms. The average Bonchev–Trinajstić information content (AvgIpc) is 3.04. The molecule has 3 N–H and O–H groups in total. The molecule has 1 aromatic carbocycles. The maximum Gasteiger partial charge on any atom is 0.319 e. The molecule has 0 radical (unpaired) electrons. The minimum Gasteiger partial charge on any atom is -0.355 e. The number of imidazole rings is 1. The van der Waals surface area contributed by atoms with E-state index in [2.05, 4.69) is 20.9 Å². The molecule has 2 rings (SSSR count). The van der Waals surface area contributed by atoms with Crippen LogP contribution >= 0.6 is 0 Å². The predicted molar refractivity (Wildman–Crippen MR) is 83.7 cm³/mol. The Balaban J connectivity index is 1.75. The minimum absolute atomic E-state index is 0.190. The quantitative estimate of drug-likeness (QED) is 0.706. The number of urea groups is 1. The van der Waals surface area contributed by atoms with Gasteiger partial charge in [0.1, 0.15) is 0 Å². The molecular formula is C15H19N5O2. The number of hydrogen-bond acceptors (Lipinski definition) is 3. The van der Waals surface area contributed by atoms with E-state index in [0.717, 1.165) is 13.0 Å². The van der Waals surface area contributed by atoms with Gasteiger partial charge in [-0.1, -0.05) is 6.07 Å². The highest BCUT2D eigenvalue weighted by molar-refractivity contribution is 5.96. The van der Waals surface area contributed by atoms with Crippen molar-refractivity contribution in [1.82, 2.24) is 20.2 Å². The second kappa shape index (κ2) is 7.82. The lowest BCUT2D eigenvalue weighted by Crippen LogP contribution is -2.30. The number of amides is 3. The molecule has 2 aromatic rings. The fraction of sp³-hybridized carbons (Fsp3) is 0.267. The highest BCUT2D eigenvalue weighted by Crippen LogP contribution is 2.10. The van der Waals surface area contributed by atoms with Gasteiger partial charge in [0.05, 0.1) is 6.33 Å². The summed E-state index contributed by atoms with van der Waals surface area (Å²) < 4.78 is 1.95. The number of aromatic nitrogens is 2. The van der Waals surface area contributed by atoms with Gasteiger partial charge >= 0.3 is 6.03 Å². The van der Waals surface area contributed by atoms with Crippen molar-refractivity contribution in [3.8, 4) is 0 Å². The first-order chi connectivity index (χ1) is 10.7. The third kappa shape index (κ3) is 4.62. The van der Waals surface area contributed by atoms with Gasteiger partial charge in [-0.2, -0.15) is 0 Å². The Morgan fingerprint density at radius 1 is 1.32 bits per heavy atom. The number of carbonyl (C=O) groups excluding carboxylic acids is 2. The van der Waals surface area contributed by atoms with E-state index in [1.54, 1.807) is 43.8 Å². The van der Waals surface area contributed by atoms with Crippen LogP contribution in [0.1, 0.15) is 16.8 Å². The molecule has 0 aliphatic carbocycles. The van der Waals surface area contributed by atoms with E-state index in [0.29, 0.717) is 17.8 Å². The van der Waals surface area contributed by atoms with Crippen LogP contribution in [0, 0.1) is 0 Å². The lowest BCUT2D eigenvalue weighted by molar-refractivity contribution is 0.0963. The van der Waals surface area contributed by atoms with Gasteiger partial charge in [0.15, 0.2) is 0 Å². The Bertz CT molecular complexity index is 625. The van der Waals surface area contributed by atoms with Crippen molar-refractivity contribution in [1.29, 1.82) is 0 Å². The van der Waals surface area contributed by atoms with E-state index in [1.165, 1.54) is 0 Å². The predicted octanol–water partition coefficient (Wildman–Crippen LogP) is 1.45. The Kier molecular flexibility index (Phi) is 5.53. The van der Waals surface area contributed by atoms with E-state index >= 15 is 0 Å². The maximum absolute atomic E-state index is 11.8. The van der Waals surface area contributed by atoms with Gasteiger partial charge in [0.25, 0.3) is 5.91 Å². The standard InChI is InChI=1S/C15H19N5O2/c1-16-14(21)12-4-2-5-13(10-12)19-15(22)18-6-3-8-20-9-7-17-11-20/h2,4-5,7,9-11H,3,6,8H2,1H3,(H,16,21)(H2,18,19,22). The van der Waals surface area contributed by atoms with Gasteiger partial charge in [-0.25, -0.2) is 9.78 Å². The second-order valence-corrected chi connectivity index (χ2v) is 4.69. The molecule has 1 aromatic heterocycles. The molecule has 116 valence electrons. The van der Waals surface area contributed by atoms with Gasteiger partial charge in [0.2, 0.25) is 0 Å². The molecule has 0 atom stereocenters. The number of benzene rings is 1. The lowest BCUT2D eigenvalue weighted by Gasteiger charge is -2.09. The SMILES string of the molecule is CNC(=O)c1cccc(NC(=O)NCCCn2ccnc2)c1. The number of carbonyl (C=O) groups is 2. The Hall–Kier alpha value is -2.83. The maximum atomic E-state index is 11.8. The van der Waals surface area contributed by atoms with Crippen molar-refractivity contribution in [2.45, 2.75) is 13.0 Å². The zero-order valence-corrected chi connectivity index (χ0v) is 12.4. The second-order valence-electron chi connectivity index (χ2n) is 4.69. The van der Waals surface area contributed by atoms with E-state index in [1.807, 2.05) is 10.8 Å². The van der Waals surface area contributed by atoms with E-state index in [-0.39, 0.29) is 11.9 Å². The summed E-state index contributed by atoms with van der Waals surface area (Å²) in [5, 5.41) is 8.02. The fourth-order valence-electron chi connectivity index (χ4n) is 1.94. The summed E-state index contributed by atoms with van der Waals surface area (Å²) in [5.41, 5.74) is 1.08. The summed E-state index contributed by atoms with van der Waals surface area (Å²) in [5.74, 6) is -0.190. The van der Waals surface area contributed by atoms with Crippen LogP contribution in [0.5, 0.6) is 0 Å². The normalized spacial score (nSPS) is 10.0. The molecule has 7 nitrogen and oxygen atoms in total. The van der Waals surface area contributed by atoms with Crippen LogP contribution in [0.25, 0.3) is 0 Å². The Morgan fingerprint density at radius 2 is 2.18 bits per heavy atom. The van der Waals surface area contributed by atoms with Crippen LogP contribution in [0.4, 0.5) is 10.5 Å². The zero-order valence-electron chi connectivity index (χ0n) is 12.4. The van der Waals surface area contributed by atoms with Gasteiger partial charge in [0, 0.05) is 43.8 Å². The van der Waals surface area contributed by atoms with Gasteiger partial charge in [-0.3, -0.25) is 4.79 Å². The van der Waals surface area contributed by atoms with Gasteiger partial charge < -0.3 is 20.5 Å². The molecule has 0 fully saturated rings. The molecule has 22 heavy (non-hydrogen) atoms. The summed E-state index contributed by atoms with van der Waals surface area (Å²) in [6, 6.07) is 6.48. The Morgan fingerprint density at radius 3 is 2.91 bits per heavy atom. The first-order valence-corrected chi connectivity index (χ1v) is 7.02. The van der Waals surface area contributed by atoms with Crippen molar-refractivity contribution < 1.29 is 9.59 Å². The monoisotopic (exact) mass is 301 g/mol. The van der Waals surface area contributed by atoms with E-state index in [4.69, 9.17) is 0 Å².